The summed E-state index contributed by atoms with van der Waals surface area (Å²) >= 11 is 1.15. The first-order valence-electron chi connectivity index (χ1n) is 9.43. The molecule has 0 aliphatic heterocycles. The van der Waals surface area contributed by atoms with Gasteiger partial charge in [0.1, 0.15) is 0 Å². The van der Waals surface area contributed by atoms with Crippen LogP contribution < -0.4 is 5.32 Å². The highest BCUT2D eigenvalue weighted by atomic mass is 32.2. The largest absolute Gasteiger partial charge is 0.344 e. The second-order valence-electron chi connectivity index (χ2n) is 7.01. The summed E-state index contributed by atoms with van der Waals surface area (Å²) < 4.78 is 1.52. The number of amides is 1. The number of carbonyl (C=O) groups is 1. The van der Waals surface area contributed by atoms with Crippen LogP contribution in [-0.4, -0.2) is 42.5 Å². The molecular formula is C19H25N7OS. The van der Waals surface area contributed by atoms with Crippen molar-refractivity contribution >= 4 is 27.8 Å². The molecule has 0 unspecified atom stereocenters. The molecule has 8 nitrogen and oxygen atoms in total. The van der Waals surface area contributed by atoms with Crippen molar-refractivity contribution < 1.29 is 4.79 Å². The third-order valence-electron chi connectivity index (χ3n) is 4.79. The molecule has 2 aromatic heterocycles. The van der Waals surface area contributed by atoms with Gasteiger partial charge in [-0.15, -0.1) is 5.10 Å². The highest BCUT2D eigenvalue weighted by Crippen LogP contribution is 2.28. The second-order valence-corrected chi connectivity index (χ2v) is 8.15. The molecule has 1 fully saturated rings. The Kier molecular flexibility index (Phi) is 6.56. The summed E-state index contributed by atoms with van der Waals surface area (Å²) in [4.78, 5) is 16.7. The van der Waals surface area contributed by atoms with Crippen LogP contribution in [-0.2, 0) is 0 Å². The first-order chi connectivity index (χ1) is 13.4. The average Bonchev–Trinajstić information content (AvgIpc) is 3.16. The number of nitrogens with one attached hydrogen (secondary N) is 3. The van der Waals surface area contributed by atoms with Crippen molar-refractivity contribution in [2.45, 2.75) is 46.0 Å². The van der Waals surface area contributed by atoms with E-state index in [2.05, 4.69) is 20.6 Å². The predicted molar refractivity (Wildman–Crippen MR) is 111 cm³/mol. The van der Waals surface area contributed by atoms with Crippen molar-refractivity contribution in [3.63, 3.8) is 0 Å². The zero-order valence-corrected chi connectivity index (χ0v) is 17.0. The summed E-state index contributed by atoms with van der Waals surface area (Å²) in [6.45, 7) is 3.87. The zero-order valence-electron chi connectivity index (χ0n) is 16.2. The summed E-state index contributed by atoms with van der Waals surface area (Å²) in [6, 6.07) is 3.76. The Bertz CT molecular complexity index is 886. The second kappa shape index (κ2) is 9.09. The van der Waals surface area contributed by atoms with Gasteiger partial charge in [-0.2, -0.15) is 0 Å². The number of pyridine rings is 1. The van der Waals surface area contributed by atoms with Gasteiger partial charge in [-0.1, -0.05) is 36.2 Å². The first-order valence-corrected chi connectivity index (χ1v) is 10.2. The number of aromatic nitrogens is 4. The molecular weight excluding hydrogens is 374 g/mol. The smallest absolute Gasteiger partial charge is 0.273 e. The molecule has 0 aromatic carbocycles. The summed E-state index contributed by atoms with van der Waals surface area (Å²) in [5, 5.41) is 27.6. The number of aryl methyl sites for hydroxylation is 2. The minimum Gasteiger partial charge on any atom is -0.344 e. The number of hydrogen-bond donors (Lipinski definition) is 3. The fourth-order valence-corrected chi connectivity index (χ4v) is 4.09. The summed E-state index contributed by atoms with van der Waals surface area (Å²) in [5.41, 5.74) is 2.66. The van der Waals surface area contributed by atoms with E-state index in [4.69, 9.17) is 10.8 Å². The molecule has 148 valence electrons. The standard InChI is InChI=1S/C19H25N7OS/c1-12-8-9-16(13(2)23-12)26-11-15(24-25-26)19(27)22-10-17(20)28-18(21)14-6-4-3-5-7-14/h8-9,11,14,20-21H,3-7,10H2,1-2H3,(H,22,27). The Labute approximate surface area is 168 Å². The molecule has 2 heterocycles. The fourth-order valence-electron chi connectivity index (χ4n) is 3.27. The fraction of sp³-hybridized carbons (Fsp3) is 0.474. The molecule has 1 aliphatic rings. The molecule has 3 rings (SSSR count). The van der Waals surface area contributed by atoms with Crippen LogP contribution in [0.5, 0.6) is 0 Å². The van der Waals surface area contributed by atoms with E-state index in [1.165, 1.54) is 11.1 Å². The molecule has 1 amide bonds. The SMILES string of the molecule is Cc1ccc(-n2cc(C(=O)NCC(=N)SC(=N)C3CCCCC3)nn2)c(C)n1. The molecule has 0 spiro atoms. The Morgan fingerprint density at radius 1 is 1.25 bits per heavy atom. The molecule has 3 N–H and O–H groups in total. The lowest BCUT2D eigenvalue weighted by Crippen LogP contribution is -2.29. The van der Waals surface area contributed by atoms with Gasteiger partial charge in [0.2, 0.25) is 0 Å². The number of rotatable bonds is 5. The highest BCUT2D eigenvalue weighted by Gasteiger charge is 2.20. The quantitative estimate of drug-likeness (QED) is 0.526. The van der Waals surface area contributed by atoms with Crippen LogP contribution in [0.4, 0.5) is 0 Å². The minimum absolute atomic E-state index is 0.0799. The molecule has 28 heavy (non-hydrogen) atoms. The number of carbonyl (C=O) groups excluding carboxylic acids is 1. The highest BCUT2D eigenvalue weighted by molar-refractivity contribution is 8.26. The first kappa shape index (κ1) is 20.2. The van der Waals surface area contributed by atoms with Gasteiger partial charge in [-0.25, -0.2) is 4.68 Å². The van der Waals surface area contributed by atoms with E-state index in [1.54, 1.807) is 6.20 Å². The van der Waals surface area contributed by atoms with E-state index >= 15 is 0 Å². The monoisotopic (exact) mass is 399 g/mol. The van der Waals surface area contributed by atoms with Crippen LogP contribution >= 0.6 is 11.8 Å². The Morgan fingerprint density at radius 3 is 2.71 bits per heavy atom. The molecule has 0 radical (unpaired) electrons. The molecule has 0 bridgehead atoms. The average molecular weight is 400 g/mol. The maximum Gasteiger partial charge on any atom is 0.273 e. The predicted octanol–water partition coefficient (Wildman–Crippen LogP) is 3.28. The molecule has 1 aliphatic carbocycles. The van der Waals surface area contributed by atoms with E-state index in [1.807, 2.05) is 26.0 Å². The van der Waals surface area contributed by atoms with Crippen LogP contribution in [0.3, 0.4) is 0 Å². The van der Waals surface area contributed by atoms with Crippen molar-refractivity contribution in [2.75, 3.05) is 6.54 Å². The van der Waals surface area contributed by atoms with Crippen molar-refractivity contribution in [1.29, 1.82) is 10.8 Å². The topological polar surface area (TPSA) is 120 Å². The summed E-state index contributed by atoms with van der Waals surface area (Å²) in [6.07, 6.45) is 7.16. The van der Waals surface area contributed by atoms with Gasteiger partial charge in [0.05, 0.1) is 34.2 Å². The molecule has 0 atom stereocenters. The van der Waals surface area contributed by atoms with Crippen LogP contribution in [0.25, 0.3) is 5.69 Å². The molecule has 1 saturated carbocycles. The Hall–Kier alpha value is -2.55. The summed E-state index contributed by atoms with van der Waals surface area (Å²) in [5.74, 6) is -0.125. The number of hydrogen-bond acceptors (Lipinski definition) is 7. The van der Waals surface area contributed by atoms with Crippen LogP contribution in [0, 0.1) is 30.6 Å². The Morgan fingerprint density at radius 2 is 2.00 bits per heavy atom. The number of thioether (sulfide) groups is 1. The molecule has 9 heteroatoms. The normalized spacial score (nSPS) is 14.6. The van der Waals surface area contributed by atoms with Gasteiger partial charge in [-0.05, 0) is 38.8 Å². The molecule has 2 aromatic rings. The van der Waals surface area contributed by atoms with Crippen molar-refractivity contribution in [1.82, 2.24) is 25.3 Å². The maximum atomic E-state index is 12.3. The van der Waals surface area contributed by atoms with E-state index in [0.717, 1.165) is 54.5 Å². The van der Waals surface area contributed by atoms with Crippen molar-refractivity contribution in [3.8, 4) is 5.69 Å². The van der Waals surface area contributed by atoms with Crippen molar-refractivity contribution in [3.05, 3.63) is 35.4 Å². The minimum atomic E-state index is -0.390. The van der Waals surface area contributed by atoms with E-state index < -0.39 is 5.91 Å². The van der Waals surface area contributed by atoms with Gasteiger partial charge in [0, 0.05) is 11.6 Å². The van der Waals surface area contributed by atoms with Crippen LogP contribution in [0.2, 0.25) is 0 Å². The van der Waals surface area contributed by atoms with Gasteiger partial charge < -0.3 is 5.32 Å². The van der Waals surface area contributed by atoms with E-state index in [-0.39, 0.29) is 23.2 Å². The zero-order chi connectivity index (χ0) is 20.1. The third kappa shape index (κ3) is 5.03. The van der Waals surface area contributed by atoms with Gasteiger partial charge >= 0.3 is 0 Å². The van der Waals surface area contributed by atoms with Gasteiger partial charge in [0.25, 0.3) is 5.91 Å². The lowest BCUT2D eigenvalue weighted by molar-refractivity contribution is 0.0954. The molecule has 0 saturated heterocycles. The van der Waals surface area contributed by atoms with E-state index in [0.29, 0.717) is 5.04 Å². The lowest BCUT2D eigenvalue weighted by Gasteiger charge is -2.21. The van der Waals surface area contributed by atoms with Crippen LogP contribution in [0.1, 0.15) is 54.0 Å². The summed E-state index contributed by atoms with van der Waals surface area (Å²) in [7, 11) is 0. The van der Waals surface area contributed by atoms with Crippen molar-refractivity contribution in [2.24, 2.45) is 5.92 Å². The van der Waals surface area contributed by atoms with Gasteiger partial charge in [-0.3, -0.25) is 20.6 Å². The third-order valence-corrected chi connectivity index (χ3v) is 5.73. The number of nitrogens with zero attached hydrogens (tertiary/aromatic N) is 4. The lowest BCUT2D eigenvalue weighted by atomic mass is 9.90. The maximum absolute atomic E-state index is 12.3. The van der Waals surface area contributed by atoms with Crippen LogP contribution in [0.15, 0.2) is 18.3 Å². The Balaban J connectivity index is 1.53. The van der Waals surface area contributed by atoms with E-state index in [9.17, 15) is 4.79 Å². The van der Waals surface area contributed by atoms with Gasteiger partial charge in [0.15, 0.2) is 5.69 Å².